The Balaban J connectivity index is 1.83. The second-order valence-electron chi connectivity index (χ2n) is 5.47. The summed E-state index contributed by atoms with van der Waals surface area (Å²) in [6.45, 7) is 1.55. The Kier molecular flexibility index (Phi) is 5.94. The minimum absolute atomic E-state index is 0.0828. The summed E-state index contributed by atoms with van der Waals surface area (Å²) in [4.78, 5) is 25.3. The lowest BCUT2D eigenvalue weighted by molar-refractivity contribution is -0.131. The molecule has 1 aromatic rings. The molecule has 0 radical (unpaired) electrons. The van der Waals surface area contributed by atoms with E-state index >= 15 is 0 Å². The standard InChI is InChI=1S/C16H17ClFN3O2/c17-12-2-1-3-13(18)15(12)16(23)20-10-11-5-8-21(9-6-11)14(22)4-7-19/h1-3,11H,4-6,8-10H2,(H,20,23). The quantitative estimate of drug-likeness (QED) is 0.916. The SMILES string of the molecule is N#CCC(=O)N1CCC(CNC(=O)c2c(F)cccc2Cl)CC1. The lowest BCUT2D eigenvalue weighted by atomic mass is 9.96. The molecule has 1 heterocycles. The largest absolute Gasteiger partial charge is 0.352 e. The van der Waals surface area contributed by atoms with Gasteiger partial charge in [0.05, 0.1) is 16.7 Å². The van der Waals surface area contributed by atoms with Gasteiger partial charge in [0.25, 0.3) is 5.91 Å². The van der Waals surface area contributed by atoms with E-state index in [2.05, 4.69) is 5.32 Å². The maximum absolute atomic E-state index is 13.7. The van der Waals surface area contributed by atoms with Crippen molar-refractivity contribution in [2.75, 3.05) is 19.6 Å². The van der Waals surface area contributed by atoms with Crippen molar-refractivity contribution in [1.82, 2.24) is 10.2 Å². The maximum atomic E-state index is 13.7. The number of rotatable bonds is 4. The molecule has 1 N–H and O–H groups in total. The first-order valence-electron chi connectivity index (χ1n) is 7.40. The summed E-state index contributed by atoms with van der Waals surface area (Å²) in [6.07, 6.45) is 1.37. The van der Waals surface area contributed by atoms with Crippen molar-refractivity contribution in [1.29, 1.82) is 5.26 Å². The Hall–Kier alpha value is -2.13. The van der Waals surface area contributed by atoms with Crippen molar-refractivity contribution in [2.45, 2.75) is 19.3 Å². The molecule has 2 amide bonds. The molecule has 1 saturated heterocycles. The second kappa shape index (κ2) is 7.93. The topological polar surface area (TPSA) is 73.2 Å². The van der Waals surface area contributed by atoms with Crippen LogP contribution in [0.2, 0.25) is 5.02 Å². The molecule has 2 rings (SSSR count). The Morgan fingerprint density at radius 2 is 2.09 bits per heavy atom. The number of piperidine rings is 1. The van der Waals surface area contributed by atoms with Gasteiger partial charge in [-0.05, 0) is 30.9 Å². The molecule has 0 unspecified atom stereocenters. The highest BCUT2D eigenvalue weighted by Gasteiger charge is 2.23. The number of nitrogens with zero attached hydrogens (tertiary/aromatic N) is 2. The monoisotopic (exact) mass is 337 g/mol. The molecule has 7 heteroatoms. The van der Waals surface area contributed by atoms with Gasteiger partial charge in [-0.2, -0.15) is 5.26 Å². The molecule has 5 nitrogen and oxygen atoms in total. The molecular weight excluding hydrogens is 321 g/mol. The van der Waals surface area contributed by atoms with Crippen LogP contribution in [0.15, 0.2) is 18.2 Å². The first-order chi connectivity index (χ1) is 11.0. The Labute approximate surface area is 139 Å². The van der Waals surface area contributed by atoms with Gasteiger partial charge in [0.2, 0.25) is 5.91 Å². The second-order valence-corrected chi connectivity index (χ2v) is 5.87. The van der Waals surface area contributed by atoms with Crippen LogP contribution >= 0.6 is 11.6 Å². The summed E-state index contributed by atoms with van der Waals surface area (Å²) in [7, 11) is 0. The van der Waals surface area contributed by atoms with E-state index in [9.17, 15) is 14.0 Å². The third kappa shape index (κ3) is 4.42. The van der Waals surface area contributed by atoms with E-state index in [1.807, 2.05) is 6.07 Å². The maximum Gasteiger partial charge on any atom is 0.255 e. The van der Waals surface area contributed by atoms with Crippen LogP contribution in [0.5, 0.6) is 0 Å². The zero-order valence-electron chi connectivity index (χ0n) is 12.5. The van der Waals surface area contributed by atoms with Crippen molar-refractivity contribution < 1.29 is 14.0 Å². The van der Waals surface area contributed by atoms with Crippen LogP contribution < -0.4 is 5.32 Å². The van der Waals surface area contributed by atoms with E-state index in [1.165, 1.54) is 18.2 Å². The van der Waals surface area contributed by atoms with Crippen LogP contribution in [-0.4, -0.2) is 36.3 Å². The minimum atomic E-state index is -0.646. The van der Waals surface area contributed by atoms with Crippen LogP contribution in [0.25, 0.3) is 0 Å². The number of nitrogens with one attached hydrogen (secondary N) is 1. The van der Waals surface area contributed by atoms with Crippen LogP contribution in [0.4, 0.5) is 4.39 Å². The number of benzene rings is 1. The molecule has 0 saturated carbocycles. The number of hydrogen-bond acceptors (Lipinski definition) is 3. The third-order valence-corrected chi connectivity index (χ3v) is 4.25. The summed E-state index contributed by atoms with van der Waals surface area (Å²) in [6, 6.07) is 5.96. The molecule has 1 aromatic carbocycles. The third-order valence-electron chi connectivity index (χ3n) is 3.94. The number of hydrogen-bond donors (Lipinski definition) is 1. The molecule has 0 aliphatic carbocycles. The summed E-state index contributed by atoms with van der Waals surface area (Å²) < 4.78 is 13.7. The summed E-state index contributed by atoms with van der Waals surface area (Å²) in [5.74, 6) is -1.12. The number of carbonyl (C=O) groups is 2. The first-order valence-corrected chi connectivity index (χ1v) is 7.77. The van der Waals surface area contributed by atoms with Crippen LogP contribution in [0, 0.1) is 23.1 Å². The Morgan fingerprint density at radius 3 is 2.70 bits per heavy atom. The van der Waals surface area contributed by atoms with Crippen molar-refractivity contribution in [3.05, 3.63) is 34.6 Å². The predicted molar refractivity (Wildman–Crippen MR) is 83.3 cm³/mol. The van der Waals surface area contributed by atoms with Crippen molar-refractivity contribution >= 4 is 23.4 Å². The number of amides is 2. The van der Waals surface area contributed by atoms with Crippen LogP contribution in [-0.2, 0) is 4.79 Å². The first kappa shape index (κ1) is 17.2. The highest BCUT2D eigenvalue weighted by atomic mass is 35.5. The zero-order chi connectivity index (χ0) is 16.8. The van der Waals surface area contributed by atoms with E-state index in [0.29, 0.717) is 19.6 Å². The van der Waals surface area contributed by atoms with Gasteiger partial charge in [0, 0.05) is 19.6 Å². The van der Waals surface area contributed by atoms with Gasteiger partial charge in [-0.25, -0.2) is 4.39 Å². The van der Waals surface area contributed by atoms with Gasteiger partial charge in [-0.15, -0.1) is 0 Å². The lowest BCUT2D eigenvalue weighted by Gasteiger charge is -2.31. The molecule has 122 valence electrons. The van der Waals surface area contributed by atoms with Gasteiger partial charge >= 0.3 is 0 Å². The number of likely N-dealkylation sites (tertiary alicyclic amines) is 1. The fraction of sp³-hybridized carbons (Fsp3) is 0.438. The van der Waals surface area contributed by atoms with E-state index in [4.69, 9.17) is 16.9 Å². The Bertz CT molecular complexity index is 616. The van der Waals surface area contributed by atoms with Gasteiger partial charge in [-0.3, -0.25) is 9.59 Å². The minimum Gasteiger partial charge on any atom is -0.352 e. The van der Waals surface area contributed by atoms with Gasteiger partial charge < -0.3 is 10.2 Å². The molecule has 1 aliphatic heterocycles. The fourth-order valence-corrected chi connectivity index (χ4v) is 2.85. The fourth-order valence-electron chi connectivity index (χ4n) is 2.61. The molecule has 1 aliphatic rings. The summed E-state index contributed by atoms with van der Waals surface area (Å²) >= 11 is 5.86. The lowest BCUT2D eigenvalue weighted by Crippen LogP contribution is -2.41. The molecule has 0 atom stereocenters. The van der Waals surface area contributed by atoms with Gasteiger partial charge in [0.1, 0.15) is 12.2 Å². The zero-order valence-corrected chi connectivity index (χ0v) is 13.3. The van der Waals surface area contributed by atoms with Crippen LogP contribution in [0.3, 0.4) is 0 Å². The molecule has 0 aromatic heterocycles. The summed E-state index contributed by atoms with van der Waals surface area (Å²) in [5, 5.41) is 11.3. The normalized spacial score (nSPS) is 15.1. The van der Waals surface area contributed by atoms with E-state index in [-0.39, 0.29) is 28.8 Å². The number of carbonyl (C=O) groups excluding carboxylic acids is 2. The van der Waals surface area contributed by atoms with Crippen molar-refractivity contribution in [2.24, 2.45) is 5.92 Å². The molecule has 0 spiro atoms. The highest BCUT2D eigenvalue weighted by molar-refractivity contribution is 6.33. The molecular formula is C16H17ClFN3O2. The number of nitriles is 1. The smallest absolute Gasteiger partial charge is 0.255 e. The van der Waals surface area contributed by atoms with Crippen LogP contribution in [0.1, 0.15) is 29.6 Å². The average Bonchev–Trinajstić information content (AvgIpc) is 2.53. The highest BCUT2D eigenvalue weighted by Crippen LogP contribution is 2.20. The molecule has 23 heavy (non-hydrogen) atoms. The summed E-state index contributed by atoms with van der Waals surface area (Å²) in [5.41, 5.74) is -0.143. The van der Waals surface area contributed by atoms with E-state index in [1.54, 1.807) is 4.90 Å². The Morgan fingerprint density at radius 1 is 1.39 bits per heavy atom. The van der Waals surface area contributed by atoms with Crippen molar-refractivity contribution in [3.8, 4) is 6.07 Å². The van der Waals surface area contributed by atoms with E-state index in [0.717, 1.165) is 12.8 Å². The van der Waals surface area contributed by atoms with Crippen molar-refractivity contribution in [3.63, 3.8) is 0 Å². The average molecular weight is 338 g/mol. The molecule has 0 bridgehead atoms. The van der Waals surface area contributed by atoms with Gasteiger partial charge in [-0.1, -0.05) is 17.7 Å². The number of halogens is 2. The molecule has 1 fully saturated rings. The van der Waals surface area contributed by atoms with Gasteiger partial charge in [0.15, 0.2) is 0 Å². The van der Waals surface area contributed by atoms with E-state index < -0.39 is 11.7 Å². The predicted octanol–water partition coefficient (Wildman–Crippen LogP) is 2.36.